The van der Waals surface area contributed by atoms with E-state index in [9.17, 15) is 21.6 Å². The molecule has 4 nitrogen and oxygen atoms in total. The second-order valence-corrected chi connectivity index (χ2v) is 5.87. The molecule has 0 saturated heterocycles. The molecule has 2 N–H and O–H groups in total. The summed E-state index contributed by atoms with van der Waals surface area (Å²) in [7, 11) is -4.08. The van der Waals surface area contributed by atoms with E-state index in [0.717, 1.165) is 12.1 Å². The zero-order valence-corrected chi connectivity index (χ0v) is 11.6. The van der Waals surface area contributed by atoms with Crippen LogP contribution in [0.1, 0.15) is 11.3 Å². The van der Waals surface area contributed by atoms with Crippen molar-refractivity contribution >= 4 is 10.0 Å². The highest BCUT2D eigenvalue weighted by molar-refractivity contribution is 7.89. The second kappa shape index (κ2) is 5.12. The van der Waals surface area contributed by atoms with Gasteiger partial charge in [-0.1, -0.05) is 12.1 Å². The maximum atomic E-state index is 12.5. The van der Waals surface area contributed by atoms with Gasteiger partial charge in [0.15, 0.2) is 0 Å². The Morgan fingerprint density at radius 1 is 1.19 bits per heavy atom. The van der Waals surface area contributed by atoms with Crippen molar-refractivity contribution in [3.8, 4) is 11.1 Å². The van der Waals surface area contributed by atoms with Crippen LogP contribution in [0.25, 0.3) is 11.1 Å². The van der Waals surface area contributed by atoms with Crippen LogP contribution in [0.4, 0.5) is 13.2 Å². The summed E-state index contributed by atoms with van der Waals surface area (Å²) in [6.45, 7) is 1.61. The van der Waals surface area contributed by atoms with E-state index in [1.807, 2.05) is 0 Å². The van der Waals surface area contributed by atoms with Crippen LogP contribution < -0.4 is 5.14 Å². The molecule has 0 saturated carbocycles. The molecule has 8 heteroatoms. The quantitative estimate of drug-likeness (QED) is 0.925. The lowest BCUT2D eigenvalue weighted by molar-refractivity contribution is -0.137. The number of sulfonamides is 1. The van der Waals surface area contributed by atoms with Crippen molar-refractivity contribution in [1.29, 1.82) is 0 Å². The topological polar surface area (TPSA) is 73.1 Å². The minimum Gasteiger partial charge on any atom is -0.250 e. The zero-order valence-electron chi connectivity index (χ0n) is 10.8. The van der Waals surface area contributed by atoms with Gasteiger partial charge in [-0.05, 0) is 30.7 Å². The van der Waals surface area contributed by atoms with Gasteiger partial charge in [0.1, 0.15) is 11.1 Å². The standard InChI is InChI=1S/C13H10F3N2O2S/c1-8-6-11(12(7-18-8)21(17,19)20)9-2-4-10(5-3-9)13(14,15)16/h2-6H,1H3,(H2,17,19,20). The summed E-state index contributed by atoms with van der Waals surface area (Å²) < 4.78 is 60.5. The molecular weight excluding hydrogens is 305 g/mol. The van der Waals surface area contributed by atoms with Crippen LogP contribution >= 0.6 is 0 Å². The number of halogens is 3. The fourth-order valence-electron chi connectivity index (χ4n) is 1.78. The number of nitrogens with two attached hydrogens (primary N) is 1. The van der Waals surface area contributed by atoms with Crippen LogP contribution in [0.3, 0.4) is 0 Å². The van der Waals surface area contributed by atoms with Gasteiger partial charge < -0.3 is 0 Å². The number of benzene rings is 1. The van der Waals surface area contributed by atoms with Gasteiger partial charge in [-0.25, -0.2) is 18.5 Å². The van der Waals surface area contributed by atoms with Crippen molar-refractivity contribution < 1.29 is 21.6 Å². The van der Waals surface area contributed by atoms with Crippen molar-refractivity contribution in [2.75, 3.05) is 0 Å². The Morgan fingerprint density at radius 2 is 1.76 bits per heavy atom. The lowest BCUT2D eigenvalue weighted by Crippen LogP contribution is -2.14. The molecule has 0 amide bonds. The predicted octanol–water partition coefficient (Wildman–Crippen LogP) is 2.52. The first-order chi connectivity index (χ1) is 9.59. The maximum absolute atomic E-state index is 12.5. The zero-order chi connectivity index (χ0) is 15.8. The van der Waals surface area contributed by atoms with Crippen molar-refractivity contribution in [2.24, 2.45) is 5.14 Å². The first-order valence-corrected chi connectivity index (χ1v) is 7.23. The molecule has 0 spiro atoms. The average molecular weight is 315 g/mol. The van der Waals surface area contributed by atoms with Gasteiger partial charge in [0, 0.05) is 11.3 Å². The van der Waals surface area contributed by atoms with Crippen LogP contribution in [-0.2, 0) is 16.2 Å². The van der Waals surface area contributed by atoms with Gasteiger partial charge in [-0.3, -0.25) is 0 Å². The molecule has 0 atom stereocenters. The Bertz CT molecular complexity index is 769. The van der Waals surface area contributed by atoms with Gasteiger partial charge in [0.2, 0.25) is 10.0 Å². The van der Waals surface area contributed by atoms with E-state index in [1.165, 1.54) is 18.2 Å². The van der Waals surface area contributed by atoms with Crippen molar-refractivity contribution in [3.63, 3.8) is 0 Å². The maximum Gasteiger partial charge on any atom is 0.416 e. The lowest BCUT2D eigenvalue weighted by atomic mass is 10.0. The number of hydrogen-bond acceptors (Lipinski definition) is 3. The van der Waals surface area contributed by atoms with Crippen LogP contribution in [0.2, 0.25) is 0 Å². The third kappa shape index (κ3) is 3.40. The molecule has 111 valence electrons. The molecule has 1 aromatic carbocycles. The van der Waals surface area contributed by atoms with Gasteiger partial charge in [0.25, 0.3) is 0 Å². The van der Waals surface area contributed by atoms with Crippen molar-refractivity contribution in [2.45, 2.75) is 18.0 Å². The predicted molar refractivity (Wildman–Crippen MR) is 69.6 cm³/mol. The molecule has 21 heavy (non-hydrogen) atoms. The minimum atomic E-state index is -4.46. The molecule has 0 unspecified atom stereocenters. The van der Waals surface area contributed by atoms with E-state index in [2.05, 4.69) is 11.2 Å². The monoisotopic (exact) mass is 315 g/mol. The molecule has 1 aromatic heterocycles. The van der Waals surface area contributed by atoms with Gasteiger partial charge in [0.05, 0.1) is 5.56 Å². The first kappa shape index (κ1) is 15.5. The largest absolute Gasteiger partial charge is 0.416 e. The number of aryl methyl sites for hydroxylation is 1. The summed E-state index contributed by atoms with van der Waals surface area (Å²) in [5.41, 5.74) is 0.1000. The number of alkyl halides is 3. The van der Waals surface area contributed by atoms with Crippen LogP contribution in [0.5, 0.6) is 0 Å². The smallest absolute Gasteiger partial charge is 0.250 e. The third-order valence-electron chi connectivity index (χ3n) is 2.74. The molecule has 0 fully saturated rings. The van der Waals surface area contributed by atoms with E-state index in [1.54, 1.807) is 6.92 Å². The summed E-state index contributed by atoms with van der Waals surface area (Å²) in [6.07, 6.45) is -2.15. The average Bonchev–Trinajstić information content (AvgIpc) is 2.36. The molecule has 2 aromatic rings. The van der Waals surface area contributed by atoms with E-state index in [-0.39, 0.29) is 16.0 Å². The Kier molecular flexibility index (Phi) is 3.77. The summed E-state index contributed by atoms with van der Waals surface area (Å²) in [5.74, 6) is 0. The number of nitrogens with zero attached hydrogens (tertiary/aromatic N) is 1. The van der Waals surface area contributed by atoms with Crippen molar-refractivity contribution in [3.05, 3.63) is 47.8 Å². The second-order valence-electron chi connectivity index (χ2n) is 4.37. The van der Waals surface area contributed by atoms with E-state index in [0.29, 0.717) is 5.69 Å². The molecule has 0 aliphatic carbocycles. The molecule has 1 heterocycles. The third-order valence-corrected chi connectivity index (χ3v) is 3.62. The van der Waals surface area contributed by atoms with Crippen LogP contribution in [0.15, 0.2) is 35.2 Å². The van der Waals surface area contributed by atoms with Gasteiger partial charge in [-0.15, -0.1) is 0 Å². The summed E-state index contributed by atoms with van der Waals surface area (Å²) in [4.78, 5) is 3.37. The fourth-order valence-corrected chi connectivity index (χ4v) is 2.43. The normalized spacial score (nSPS) is 12.4. The number of pyridine rings is 1. The molecule has 1 radical (unpaired) electrons. The number of hydrogen-bond donors (Lipinski definition) is 1. The molecule has 0 aliphatic rings. The highest BCUT2D eigenvalue weighted by atomic mass is 32.2. The molecule has 0 aliphatic heterocycles. The summed E-state index contributed by atoms with van der Waals surface area (Å²) in [5, 5.41) is 5.07. The SMILES string of the molecule is Cc1cc(-c2ccc(C(F)(F)F)cc2)c(S(N)(=O)=O)[c]n1. The Morgan fingerprint density at radius 3 is 2.24 bits per heavy atom. The molecule has 2 rings (SSSR count). The minimum absolute atomic E-state index is 0.165. The van der Waals surface area contributed by atoms with Crippen molar-refractivity contribution in [1.82, 2.24) is 4.98 Å². The van der Waals surface area contributed by atoms with E-state index >= 15 is 0 Å². The van der Waals surface area contributed by atoms with E-state index in [4.69, 9.17) is 5.14 Å². The number of aromatic nitrogens is 1. The van der Waals surface area contributed by atoms with Crippen LogP contribution in [-0.4, -0.2) is 13.4 Å². The highest BCUT2D eigenvalue weighted by Crippen LogP contribution is 2.32. The molecular formula is C13H10F3N2O2S. The molecule has 0 bridgehead atoms. The van der Waals surface area contributed by atoms with Gasteiger partial charge in [-0.2, -0.15) is 13.2 Å². The Hall–Kier alpha value is -1.93. The van der Waals surface area contributed by atoms with Crippen LogP contribution in [0, 0.1) is 13.1 Å². The lowest BCUT2D eigenvalue weighted by Gasteiger charge is -2.10. The van der Waals surface area contributed by atoms with Gasteiger partial charge >= 0.3 is 6.18 Å². The fraction of sp³-hybridized carbons (Fsp3) is 0.154. The van der Waals surface area contributed by atoms with E-state index < -0.39 is 21.8 Å². The Labute approximate surface area is 119 Å². The Balaban J connectivity index is 2.59. The first-order valence-electron chi connectivity index (χ1n) is 5.69. The number of rotatable bonds is 2. The highest BCUT2D eigenvalue weighted by Gasteiger charge is 2.30. The summed E-state index contributed by atoms with van der Waals surface area (Å²) in [6, 6.07) is 5.54. The number of primary sulfonamides is 1. The summed E-state index contributed by atoms with van der Waals surface area (Å²) >= 11 is 0.